The van der Waals surface area contributed by atoms with E-state index in [-0.39, 0.29) is 151 Å². The van der Waals surface area contributed by atoms with Crippen LogP contribution in [0.15, 0.2) is 122 Å². The first-order valence-corrected chi connectivity index (χ1v) is 37.3. The molecule has 0 aliphatic carbocycles. The van der Waals surface area contributed by atoms with Crippen molar-refractivity contribution in [2.75, 3.05) is 74.0 Å². The Hall–Kier alpha value is -9.83. The van der Waals surface area contributed by atoms with Gasteiger partial charge in [-0.1, -0.05) is 53.8 Å². The van der Waals surface area contributed by atoms with Gasteiger partial charge in [0.25, 0.3) is 45.9 Å². The van der Waals surface area contributed by atoms with Crippen LogP contribution >= 0.6 is 99.6 Å². The highest BCUT2D eigenvalue weighted by Crippen LogP contribution is 2.39. The molecule has 0 saturated carbocycles. The van der Waals surface area contributed by atoms with E-state index >= 15 is 0 Å². The molecule has 8 aromatic heterocycles. The van der Waals surface area contributed by atoms with E-state index in [1.807, 2.05) is 0 Å². The van der Waals surface area contributed by atoms with Gasteiger partial charge in [-0.15, -0.1) is 37.2 Å². The van der Waals surface area contributed by atoms with Crippen LogP contribution in [0.4, 0.5) is 49.9 Å². The molecule has 0 bridgehead atoms. The van der Waals surface area contributed by atoms with Crippen LogP contribution in [0, 0.1) is 0 Å². The van der Waals surface area contributed by atoms with Crippen LogP contribution in [-0.2, 0) is 32.1 Å². The van der Waals surface area contributed by atoms with E-state index in [2.05, 4.69) is 104 Å². The van der Waals surface area contributed by atoms with E-state index in [1.54, 1.807) is 84.4 Å². The Morgan fingerprint density at radius 2 is 0.765 bits per heavy atom. The minimum Gasteiger partial charge on any atom is -0.444 e. The zero-order valence-electron chi connectivity index (χ0n) is 61.9. The number of hydrogen-bond donors (Lipinski definition) is 10. The first-order valence-electron chi connectivity index (χ1n) is 35.0. The number of ether oxygens (including phenoxy) is 2. The first kappa shape index (κ1) is 90.7. The number of hydrogen-bond acceptors (Lipinski definition) is 26. The summed E-state index contributed by atoms with van der Waals surface area (Å²) >= 11 is 28.4. The molecule has 16 heterocycles. The van der Waals surface area contributed by atoms with Crippen molar-refractivity contribution >= 4 is 176 Å². The summed E-state index contributed by atoms with van der Waals surface area (Å²) in [6.07, 6.45) is 16.1. The Balaban J connectivity index is 0.000000185. The molecule has 4 spiro atoms. The second-order valence-electron chi connectivity index (χ2n) is 28.8. The van der Waals surface area contributed by atoms with Crippen LogP contribution in [0.3, 0.4) is 0 Å². The molecular weight excluding hydrogens is 1710 g/mol. The molecule has 16 rings (SSSR count). The van der Waals surface area contributed by atoms with Gasteiger partial charge in [-0.3, -0.25) is 56.6 Å². The molecule has 0 radical (unpaired) electrons. The molecule has 115 heavy (non-hydrogen) atoms. The normalized spacial score (nSPS) is 20.3. The highest BCUT2D eigenvalue weighted by Gasteiger charge is 2.52. The van der Waals surface area contributed by atoms with Crippen molar-refractivity contribution in [2.45, 2.75) is 134 Å². The van der Waals surface area contributed by atoms with E-state index in [0.717, 1.165) is 25.9 Å². The summed E-state index contributed by atoms with van der Waals surface area (Å²) in [5.41, 5.74) is 0.167. The van der Waals surface area contributed by atoms with Crippen LogP contribution in [-0.4, -0.2) is 167 Å². The third-order valence-electron chi connectivity index (χ3n) is 18.6. The Bertz CT molecular complexity index is 5050. The van der Waals surface area contributed by atoms with Crippen molar-refractivity contribution < 1.29 is 38.2 Å². The lowest BCUT2D eigenvalue weighted by Crippen LogP contribution is -2.59. The summed E-state index contributed by atoms with van der Waals surface area (Å²) < 4.78 is 16.9. The van der Waals surface area contributed by atoms with E-state index in [9.17, 15) is 47.9 Å². The number of nitrogens with zero attached hydrogens (tertiary/aromatic N) is 14. The Labute approximate surface area is 704 Å². The second kappa shape index (κ2) is 37.0. The van der Waals surface area contributed by atoms with Gasteiger partial charge in [0.05, 0.1) is 37.7 Å². The molecule has 4 saturated heterocycles. The van der Waals surface area contributed by atoms with Gasteiger partial charge in [0.2, 0.25) is 0 Å². The quantitative estimate of drug-likeness (QED) is 0.0743. The molecule has 4 unspecified atom stereocenters. The molecule has 8 aliphatic rings. The second-order valence-corrected chi connectivity index (χ2v) is 31.3. The van der Waals surface area contributed by atoms with E-state index in [1.165, 1.54) is 83.8 Å². The van der Waals surface area contributed by atoms with E-state index < -0.39 is 63.4 Å². The standard InChI is InChI=1S/C20H23ClN6O4.C16H19BrClN3O4.2C15H15ClN6O2.C4H5N3.CH4.3ClH/c1-19(2,3)31-18(30)26-8-4-6-20(10-26)25-16(28)15-12(21)9-13(17(29)27(15)20)24-14-5-7-22-11-23-14;1-15(2,3)25-14(24)20-6-4-5-16(8-20)19-12(22)11-10(18)7-9(17)13(23)21(11)16;2*16-9-6-10(20-11-2-5-18-8-19-11)14(24)22-12(9)13(23)21-15(22)3-1-4-17-7-15;5-4-1-2-6-3-7-4;;;;/h5,7,9,11H,4,6,8,10H2,1-3H3,(H,25,28)(H,22,23,24);7H,4-6,8H2,1-3H3,(H,19,22);2*2,5-6,8,17H,1,3-4,7H2,(H,21,23)(H,18,19,20);1-3H,(H2,5,6,7);1H4;3*1H. The molecule has 0 aromatic carbocycles. The highest BCUT2D eigenvalue weighted by atomic mass is 79.9. The number of amides is 6. The predicted octanol–water partition coefficient (Wildman–Crippen LogP) is 8.74. The molecule has 11 N–H and O–H groups in total. The monoisotopic (exact) mass is 1790 g/mol. The topological polar surface area (TPSA) is 453 Å². The van der Waals surface area contributed by atoms with Crippen LogP contribution < -0.4 is 75.8 Å². The fourth-order valence-electron chi connectivity index (χ4n) is 14.2. The molecule has 36 nitrogen and oxygen atoms in total. The summed E-state index contributed by atoms with van der Waals surface area (Å²) in [6, 6.07) is 12.3. The number of aromatic nitrogens is 12. The maximum absolute atomic E-state index is 13.4. The number of fused-ring (bicyclic) bond motifs is 8. The third-order valence-corrected chi connectivity index (χ3v) is 20.4. The van der Waals surface area contributed by atoms with Gasteiger partial charge >= 0.3 is 12.2 Å². The van der Waals surface area contributed by atoms with Gasteiger partial charge in [0, 0.05) is 51.0 Å². The van der Waals surface area contributed by atoms with Gasteiger partial charge in [0.1, 0.15) is 122 Å². The number of carbonyl (C=O) groups excluding carboxylic acids is 6. The van der Waals surface area contributed by atoms with Gasteiger partial charge < -0.3 is 72.9 Å². The van der Waals surface area contributed by atoms with Crippen LogP contribution in [0.25, 0.3) is 0 Å². The molecule has 44 heteroatoms. The molecule has 4 fully saturated rings. The summed E-state index contributed by atoms with van der Waals surface area (Å²) in [5.74, 6) is 0.355. The minimum absolute atomic E-state index is 0. The Morgan fingerprint density at radius 3 is 1.05 bits per heavy atom. The van der Waals surface area contributed by atoms with Crippen LogP contribution in [0.1, 0.15) is 142 Å². The van der Waals surface area contributed by atoms with Crippen molar-refractivity contribution in [3.8, 4) is 0 Å². The number of nitrogen functional groups attached to an aromatic ring is 1. The molecular formula is C71H84BrCl7N24O12. The maximum Gasteiger partial charge on any atom is 0.410 e. The van der Waals surface area contributed by atoms with Crippen LogP contribution in [0.2, 0.25) is 20.1 Å². The zero-order chi connectivity index (χ0) is 79.5. The average Bonchev–Trinajstić information content (AvgIpc) is 1.58. The molecule has 8 aliphatic heterocycles. The summed E-state index contributed by atoms with van der Waals surface area (Å²) in [6.45, 7) is 14.6. The smallest absolute Gasteiger partial charge is 0.410 e. The van der Waals surface area contributed by atoms with Crippen molar-refractivity contribution in [1.82, 2.24) is 99.8 Å². The number of halogens is 8. The van der Waals surface area contributed by atoms with Gasteiger partial charge in [0.15, 0.2) is 0 Å². The number of carbonyl (C=O) groups is 6. The Kier molecular flexibility index (Phi) is 29.2. The number of rotatable bonds is 6. The minimum atomic E-state index is -1.11. The lowest BCUT2D eigenvalue weighted by Gasteiger charge is -2.41. The fraction of sp³-hybridized carbons (Fsp3) is 0.408. The highest BCUT2D eigenvalue weighted by molar-refractivity contribution is 9.10. The Morgan fingerprint density at radius 1 is 0.461 bits per heavy atom. The first-order chi connectivity index (χ1) is 52.7. The SMILES string of the molecule is C.CC(C)(C)OC(=O)N1CCCC2(C1)NC(=O)c1c(Cl)cc(Br)c(=O)n12.CC(C)(C)OC(=O)N1CCCC2(C1)NC(=O)c1c(Cl)cc(Nc3ccncn3)c(=O)n12.Cl.Cl.Cl.Nc1ccncn1.O=C1NC2(CCCNC2)n2c1c(Cl)cc(Nc1ccncn1)c2=O.O=C1NC2(CCCNC2)n2c1c(Cl)cc(Nc1ccncn1)c2=O. The van der Waals surface area contributed by atoms with Gasteiger partial charge in [-0.25, -0.2) is 49.5 Å². The zero-order valence-corrected chi connectivity index (χ0v) is 69.0. The molecule has 4 atom stereocenters. The number of piperidine rings is 4. The van der Waals surface area contributed by atoms with Gasteiger partial charge in [-0.05, 0) is 170 Å². The molecule has 6 amide bonds. The number of anilines is 7. The maximum atomic E-state index is 13.4. The lowest BCUT2D eigenvalue weighted by atomic mass is 9.98. The number of likely N-dealkylation sites (tertiary alicyclic amines) is 2. The molecule has 8 aromatic rings. The van der Waals surface area contributed by atoms with Crippen molar-refractivity contribution in [3.63, 3.8) is 0 Å². The van der Waals surface area contributed by atoms with Gasteiger partial charge in [-0.2, -0.15) is 0 Å². The fourth-order valence-corrected chi connectivity index (χ4v) is 15.8. The number of nitrogens with one attached hydrogen (secondary N) is 9. The van der Waals surface area contributed by atoms with Crippen molar-refractivity contribution in [3.05, 3.63) is 187 Å². The lowest BCUT2D eigenvalue weighted by molar-refractivity contribution is 0.00246. The van der Waals surface area contributed by atoms with Crippen LogP contribution in [0.5, 0.6) is 0 Å². The van der Waals surface area contributed by atoms with E-state index in [0.29, 0.717) is 88.0 Å². The summed E-state index contributed by atoms with van der Waals surface area (Å²) in [7, 11) is 0. The van der Waals surface area contributed by atoms with E-state index in [4.69, 9.17) is 61.6 Å². The average molecular weight is 1790 g/mol. The predicted molar refractivity (Wildman–Crippen MR) is 441 cm³/mol. The van der Waals surface area contributed by atoms with Crippen molar-refractivity contribution in [2.24, 2.45) is 0 Å². The molecule has 616 valence electrons. The third kappa shape index (κ3) is 19.5. The number of nitrogens with two attached hydrogens (primary N) is 1. The number of pyridine rings is 4. The largest absolute Gasteiger partial charge is 0.444 e. The van der Waals surface area contributed by atoms with Crippen molar-refractivity contribution in [1.29, 1.82) is 0 Å². The summed E-state index contributed by atoms with van der Waals surface area (Å²) in [4.78, 5) is 161. The summed E-state index contributed by atoms with van der Waals surface area (Å²) in [5, 5.41) is 27.7.